The third-order valence-corrected chi connectivity index (χ3v) is 4.79. The lowest BCUT2D eigenvalue weighted by molar-refractivity contribution is -0.149. The van der Waals surface area contributed by atoms with Gasteiger partial charge in [-0.1, -0.05) is 34.4 Å². The summed E-state index contributed by atoms with van der Waals surface area (Å²) in [6, 6.07) is 6.70. The maximum atomic E-state index is 13.3. The molecule has 0 aliphatic carbocycles. The molecule has 0 aliphatic rings. The Balaban J connectivity index is 1.77. The van der Waals surface area contributed by atoms with Crippen LogP contribution >= 0.6 is 23.2 Å². The lowest BCUT2D eigenvalue weighted by atomic mass is 10.1. The molecular formula is C18H15Cl2F3N4O2. The zero-order valence-corrected chi connectivity index (χ0v) is 16.4. The van der Waals surface area contributed by atoms with Crippen LogP contribution in [0.3, 0.4) is 0 Å². The Labute approximate surface area is 173 Å². The number of H-pyrrole nitrogens is 1. The topological polar surface area (TPSA) is 82.9 Å². The first-order valence-corrected chi connectivity index (χ1v) is 9.09. The van der Waals surface area contributed by atoms with Gasteiger partial charge in [0.1, 0.15) is 17.3 Å². The molecule has 0 aliphatic heterocycles. The predicted octanol–water partition coefficient (Wildman–Crippen LogP) is 5.75. The van der Waals surface area contributed by atoms with Crippen molar-refractivity contribution in [3.8, 4) is 11.3 Å². The van der Waals surface area contributed by atoms with Crippen molar-refractivity contribution in [3.05, 3.63) is 58.0 Å². The molecule has 0 spiro atoms. The number of carbonyl (C=O) groups excluding carboxylic acids is 1. The number of carbonyl (C=O) groups is 1. The number of alkyl halides is 3. The van der Waals surface area contributed by atoms with Crippen molar-refractivity contribution in [1.82, 2.24) is 15.5 Å². The molecule has 0 radical (unpaired) electrons. The second-order valence-electron chi connectivity index (χ2n) is 6.11. The molecule has 0 unspecified atom stereocenters. The van der Waals surface area contributed by atoms with E-state index in [2.05, 4.69) is 20.8 Å². The summed E-state index contributed by atoms with van der Waals surface area (Å²) >= 11 is 12.3. The summed E-state index contributed by atoms with van der Waals surface area (Å²) in [5.41, 5.74) is 0.607. The molecular weight excluding hydrogens is 432 g/mol. The maximum absolute atomic E-state index is 13.3. The Bertz CT molecular complexity index is 983. The fourth-order valence-corrected chi connectivity index (χ4v) is 3.31. The Morgan fingerprint density at radius 2 is 1.93 bits per heavy atom. The first kappa shape index (κ1) is 21.1. The number of hydrogen-bond acceptors (Lipinski definition) is 3. The van der Waals surface area contributed by atoms with Gasteiger partial charge in [0.15, 0.2) is 5.76 Å². The molecule has 2 heterocycles. The van der Waals surface area contributed by atoms with E-state index in [1.165, 1.54) is 25.3 Å². The summed E-state index contributed by atoms with van der Waals surface area (Å²) in [6.07, 6.45) is -3.16. The first-order valence-electron chi connectivity index (χ1n) is 8.34. The van der Waals surface area contributed by atoms with Gasteiger partial charge in [-0.25, -0.2) is 4.79 Å². The molecule has 3 aromatic rings. The fraction of sp³-hybridized carbons (Fsp3) is 0.222. The van der Waals surface area contributed by atoms with Gasteiger partial charge in [0.05, 0.1) is 10.0 Å². The number of aromatic amines is 1. The average Bonchev–Trinajstić information content (AvgIpc) is 3.26. The fourth-order valence-electron chi connectivity index (χ4n) is 2.73. The van der Waals surface area contributed by atoms with Gasteiger partial charge >= 0.3 is 12.2 Å². The third kappa shape index (κ3) is 4.68. The summed E-state index contributed by atoms with van der Waals surface area (Å²) in [5, 5.41) is 9.10. The van der Waals surface area contributed by atoms with Crippen LogP contribution in [0.4, 0.5) is 23.7 Å². The minimum absolute atomic E-state index is 0.0532. The number of aromatic nitrogens is 2. The molecule has 2 aromatic heterocycles. The van der Waals surface area contributed by atoms with E-state index < -0.39 is 24.7 Å². The summed E-state index contributed by atoms with van der Waals surface area (Å²) < 4.78 is 45.0. The number of urea groups is 1. The number of anilines is 1. The molecule has 154 valence electrons. The quantitative estimate of drug-likeness (QED) is 0.466. The Morgan fingerprint density at radius 1 is 1.24 bits per heavy atom. The SMILES string of the molecule is Cc1onc(-c2c(Cl)cccc2Cl)c1NC(=O)NC[C@H](c1ccc[nH]1)C(F)(F)F. The van der Waals surface area contributed by atoms with Crippen LogP contribution in [0.15, 0.2) is 41.1 Å². The van der Waals surface area contributed by atoms with Crippen molar-refractivity contribution in [2.45, 2.75) is 19.0 Å². The normalized spacial score (nSPS) is 12.6. The molecule has 6 nitrogen and oxygen atoms in total. The van der Waals surface area contributed by atoms with Crippen LogP contribution < -0.4 is 10.6 Å². The molecule has 29 heavy (non-hydrogen) atoms. The lowest BCUT2D eigenvalue weighted by Crippen LogP contribution is -2.37. The summed E-state index contributed by atoms with van der Waals surface area (Å²) in [5.74, 6) is -1.65. The van der Waals surface area contributed by atoms with Crippen LogP contribution in [-0.2, 0) is 0 Å². The molecule has 0 saturated carbocycles. The van der Waals surface area contributed by atoms with E-state index in [9.17, 15) is 18.0 Å². The molecule has 0 bridgehead atoms. The van der Waals surface area contributed by atoms with E-state index in [1.807, 2.05) is 0 Å². The predicted molar refractivity (Wildman–Crippen MR) is 103 cm³/mol. The van der Waals surface area contributed by atoms with Gasteiger partial charge in [-0.2, -0.15) is 13.2 Å². The van der Waals surface area contributed by atoms with Crippen molar-refractivity contribution in [2.75, 3.05) is 11.9 Å². The number of hydrogen-bond donors (Lipinski definition) is 3. The van der Waals surface area contributed by atoms with E-state index in [-0.39, 0.29) is 32.9 Å². The highest BCUT2D eigenvalue weighted by atomic mass is 35.5. The van der Waals surface area contributed by atoms with Crippen LogP contribution in [0.5, 0.6) is 0 Å². The largest absolute Gasteiger partial charge is 0.398 e. The molecule has 3 rings (SSSR count). The average molecular weight is 447 g/mol. The van der Waals surface area contributed by atoms with Crippen LogP contribution in [-0.4, -0.2) is 28.9 Å². The first-order chi connectivity index (χ1) is 13.7. The minimum Gasteiger partial charge on any atom is -0.364 e. The molecule has 1 atom stereocenters. The van der Waals surface area contributed by atoms with Crippen molar-refractivity contribution in [1.29, 1.82) is 0 Å². The lowest BCUT2D eigenvalue weighted by Gasteiger charge is -2.20. The Hall–Kier alpha value is -2.65. The van der Waals surface area contributed by atoms with Crippen LogP contribution in [0, 0.1) is 6.92 Å². The van der Waals surface area contributed by atoms with Gasteiger partial charge in [0, 0.05) is 24.0 Å². The minimum atomic E-state index is -4.54. The zero-order valence-electron chi connectivity index (χ0n) is 14.9. The van der Waals surface area contributed by atoms with Gasteiger partial charge < -0.3 is 20.1 Å². The van der Waals surface area contributed by atoms with Crippen molar-refractivity contribution >= 4 is 34.9 Å². The summed E-state index contributed by atoms with van der Waals surface area (Å²) in [7, 11) is 0. The van der Waals surface area contributed by atoms with Gasteiger partial charge in [-0.05, 0) is 31.2 Å². The van der Waals surface area contributed by atoms with E-state index in [4.69, 9.17) is 27.7 Å². The number of rotatable bonds is 5. The van der Waals surface area contributed by atoms with E-state index >= 15 is 0 Å². The van der Waals surface area contributed by atoms with Crippen LogP contribution in [0.2, 0.25) is 10.0 Å². The highest BCUT2D eigenvalue weighted by molar-refractivity contribution is 6.39. The highest BCUT2D eigenvalue weighted by Gasteiger charge is 2.41. The third-order valence-electron chi connectivity index (χ3n) is 4.16. The van der Waals surface area contributed by atoms with E-state index in [0.29, 0.717) is 5.56 Å². The Kier molecular flexibility index (Phi) is 6.09. The number of nitrogens with zero attached hydrogens (tertiary/aromatic N) is 1. The molecule has 1 aromatic carbocycles. The van der Waals surface area contributed by atoms with Crippen molar-refractivity contribution in [3.63, 3.8) is 0 Å². The molecule has 11 heteroatoms. The second kappa shape index (κ2) is 8.38. The highest BCUT2D eigenvalue weighted by Crippen LogP contribution is 2.39. The molecule has 2 amide bonds. The maximum Gasteiger partial charge on any atom is 0.398 e. The monoisotopic (exact) mass is 446 g/mol. The van der Waals surface area contributed by atoms with Gasteiger partial charge in [0.25, 0.3) is 0 Å². The number of halogens is 5. The van der Waals surface area contributed by atoms with Gasteiger partial charge in [-0.3, -0.25) is 0 Å². The van der Waals surface area contributed by atoms with E-state index in [0.717, 1.165) is 0 Å². The number of nitrogens with one attached hydrogen (secondary N) is 3. The number of aryl methyl sites for hydroxylation is 1. The summed E-state index contributed by atoms with van der Waals surface area (Å²) in [4.78, 5) is 14.8. The number of benzene rings is 1. The second-order valence-corrected chi connectivity index (χ2v) is 6.93. The summed E-state index contributed by atoms with van der Waals surface area (Å²) in [6.45, 7) is 0.872. The smallest absolute Gasteiger partial charge is 0.364 e. The van der Waals surface area contributed by atoms with Gasteiger partial charge in [-0.15, -0.1) is 0 Å². The van der Waals surface area contributed by atoms with Crippen LogP contribution in [0.1, 0.15) is 17.4 Å². The van der Waals surface area contributed by atoms with Crippen molar-refractivity contribution < 1.29 is 22.5 Å². The molecule has 0 fully saturated rings. The Morgan fingerprint density at radius 3 is 2.52 bits per heavy atom. The zero-order chi connectivity index (χ0) is 21.2. The molecule has 0 saturated heterocycles. The molecule has 3 N–H and O–H groups in total. The standard InChI is InChI=1S/C18H15Cl2F3N4O2/c1-9-15(16(27-29-9)14-11(19)4-2-5-12(14)20)26-17(28)25-8-10(18(21,22)23)13-6-3-7-24-13/h2-7,10,24H,8H2,1H3,(H2,25,26,28)/t10-/m1/s1. The van der Waals surface area contributed by atoms with Gasteiger partial charge in [0.2, 0.25) is 0 Å². The van der Waals surface area contributed by atoms with Crippen molar-refractivity contribution in [2.24, 2.45) is 0 Å². The van der Waals surface area contributed by atoms with E-state index in [1.54, 1.807) is 18.2 Å². The number of amides is 2. The van der Waals surface area contributed by atoms with Crippen LogP contribution in [0.25, 0.3) is 11.3 Å².